The fraction of sp³-hybridized carbons (Fsp3) is 0.444. The minimum Gasteiger partial charge on any atom is -0.365 e. The summed E-state index contributed by atoms with van der Waals surface area (Å²) in [6.45, 7) is 13.8. The van der Waals surface area contributed by atoms with Crippen LogP contribution in [-0.2, 0) is 11.6 Å². The Balaban J connectivity index is 0.00000115. The van der Waals surface area contributed by atoms with E-state index in [9.17, 15) is 18.4 Å². The molecule has 0 amide bonds. The molecule has 7 nitrogen and oxygen atoms in total. The predicted molar refractivity (Wildman–Crippen MR) is 140 cm³/mol. The molecular weight excluding hydrogens is 479 g/mol. The number of hydrogen-bond acceptors (Lipinski definition) is 7. The first kappa shape index (κ1) is 29.5. The summed E-state index contributed by atoms with van der Waals surface area (Å²) in [6, 6.07) is 11.2. The van der Waals surface area contributed by atoms with Gasteiger partial charge in [-0.15, -0.1) is 0 Å². The topological polar surface area (TPSA) is 99.4 Å². The lowest BCUT2D eigenvalue weighted by atomic mass is 9.99. The predicted octanol–water partition coefficient (Wildman–Crippen LogP) is 7.51. The fourth-order valence-corrected chi connectivity index (χ4v) is 3.31. The van der Waals surface area contributed by atoms with Crippen LogP contribution in [0.3, 0.4) is 0 Å². The maximum Gasteiger partial charge on any atom is 0.433 e. The Morgan fingerprint density at radius 1 is 0.892 bits per heavy atom. The monoisotopic (exact) mass is 513 g/mol. The van der Waals surface area contributed by atoms with Crippen LogP contribution < -0.4 is 10.6 Å². The maximum absolute atomic E-state index is 13.2. The molecule has 1 saturated carbocycles. The van der Waals surface area contributed by atoms with Crippen LogP contribution in [0, 0.1) is 11.3 Å². The Morgan fingerprint density at radius 2 is 1.54 bits per heavy atom. The molecule has 37 heavy (non-hydrogen) atoms. The second kappa shape index (κ2) is 12.0. The third-order valence-electron chi connectivity index (χ3n) is 5.03. The van der Waals surface area contributed by atoms with Crippen molar-refractivity contribution in [1.29, 1.82) is 5.26 Å². The van der Waals surface area contributed by atoms with Gasteiger partial charge in [-0.05, 0) is 63.4 Å². The maximum atomic E-state index is 13.2. The van der Waals surface area contributed by atoms with Gasteiger partial charge in [0.25, 0.3) is 0 Å². The zero-order chi connectivity index (χ0) is 27.9. The number of nitrogens with one attached hydrogen (secondary N) is 2. The van der Waals surface area contributed by atoms with Gasteiger partial charge >= 0.3 is 6.18 Å². The van der Waals surface area contributed by atoms with Gasteiger partial charge in [0, 0.05) is 17.8 Å². The number of nitriles is 1. The van der Waals surface area contributed by atoms with Crippen LogP contribution >= 0.6 is 0 Å². The van der Waals surface area contributed by atoms with Crippen molar-refractivity contribution >= 4 is 17.5 Å². The van der Waals surface area contributed by atoms with Crippen molar-refractivity contribution in [2.45, 2.75) is 78.4 Å². The average molecular weight is 514 g/mol. The summed E-state index contributed by atoms with van der Waals surface area (Å²) in [5.41, 5.74) is -0.990. The average Bonchev–Trinajstić information content (AvgIpc) is 3.67. The highest BCUT2D eigenvalue weighted by Crippen LogP contribution is 2.47. The van der Waals surface area contributed by atoms with E-state index in [-0.39, 0.29) is 17.1 Å². The number of nitrogens with zero attached hydrogens (tertiary/aromatic N) is 5. The van der Waals surface area contributed by atoms with Crippen molar-refractivity contribution < 1.29 is 13.2 Å². The highest BCUT2D eigenvalue weighted by molar-refractivity contribution is 5.63. The molecule has 1 aliphatic carbocycles. The van der Waals surface area contributed by atoms with Gasteiger partial charge in [0.15, 0.2) is 5.82 Å². The van der Waals surface area contributed by atoms with Crippen LogP contribution in [0.15, 0.2) is 42.6 Å². The molecule has 0 spiro atoms. The van der Waals surface area contributed by atoms with Gasteiger partial charge in [-0.1, -0.05) is 33.8 Å². The van der Waals surface area contributed by atoms with Gasteiger partial charge in [-0.25, -0.2) is 19.9 Å². The Hall–Kier alpha value is -3.74. The van der Waals surface area contributed by atoms with Crippen LogP contribution in [0.25, 0.3) is 11.5 Å². The van der Waals surface area contributed by atoms with E-state index in [2.05, 4.69) is 36.6 Å². The first-order valence-corrected chi connectivity index (χ1v) is 12.3. The normalized spacial score (nSPS) is 13.6. The van der Waals surface area contributed by atoms with E-state index in [1.165, 1.54) is 12.1 Å². The lowest BCUT2D eigenvalue weighted by Gasteiger charge is -2.22. The quantitative estimate of drug-likeness (QED) is 0.364. The van der Waals surface area contributed by atoms with Gasteiger partial charge in [-0.2, -0.15) is 18.4 Å². The molecule has 3 aromatic heterocycles. The Bertz CT molecular complexity index is 1220. The molecule has 0 radical (unpaired) electrons. The van der Waals surface area contributed by atoms with Crippen LogP contribution in [-0.4, -0.2) is 25.5 Å². The fourth-order valence-electron chi connectivity index (χ4n) is 3.31. The minimum atomic E-state index is -4.58. The lowest BCUT2D eigenvalue weighted by molar-refractivity contribution is -0.141. The molecule has 4 rings (SSSR count). The third-order valence-corrected chi connectivity index (χ3v) is 5.03. The lowest BCUT2D eigenvalue weighted by Crippen LogP contribution is -2.27. The molecule has 0 bridgehead atoms. The first-order chi connectivity index (χ1) is 17.5. The van der Waals surface area contributed by atoms with E-state index in [1.807, 2.05) is 54.5 Å². The molecule has 0 unspecified atom stereocenters. The van der Waals surface area contributed by atoms with Gasteiger partial charge in [0.1, 0.15) is 28.8 Å². The van der Waals surface area contributed by atoms with Gasteiger partial charge < -0.3 is 10.6 Å². The Kier molecular flexibility index (Phi) is 9.56. The van der Waals surface area contributed by atoms with E-state index in [4.69, 9.17) is 0 Å². The van der Waals surface area contributed by atoms with Crippen molar-refractivity contribution in [3.05, 3.63) is 53.9 Å². The van der Waals surface area contributed by atoms with E-state index < -0.39 is 17.3 Å². The summed E-state index contributed by atoms with van der Waals surface area (Å²) in [5, 5.41) is 15.8. The third kappa shape index (κ3) is 7.87. The number of pyridine rings is 2. The van der Waals surface area contributed by atoms with Gasteiger partial charge in [-0.3, -0.25) is 0 Å². The van der Waals surface area contributed by atoms with Crippen molar-refractivity contribution in [2.75, 3.05) is 10.6 Å². The summed E-state index contributed by atoms with van der Waals surface area (Å²) < 4.78 is 39.5. The molecule has 3 aromatic rings. The largest absolute Gasteiger partial charge is 0.433 e. The number of alkyl halides is 3. The summed E-state index contributed by atoms with van der Waals surface area (Å²) in [6.07, 6.45) is -1.38. The van der Waals surface area contributed by atoms with Crippen molar-refractivity contribution in [1.82, 2.24) is 19.9 Å². The Morgan fingerprint density at radius 3 is 2.11 bits per heavy atom. The Labute approximate surface area is 216 Å². The van der Waals surface area contributed by atoms with Crippen LogP contribution in [0.2, 0.25) is 0 Å². The molecule has 1 aliphatic rings. The highest BCUT2D eigenvalue weighted by Gasteiger charge is 2.45. The van der Waals surface area contributed by atoms with Crippen LogP contribution in [0.5, 0.6) is 0 Å². The molecule has 0 saturated heterocycles. The number of anilines is 3. The SMILES string of the molecule is CC.CC.CC(C)(C)Nc1cc(Nc2cc(C3(C#N)CC3)ccn2)nc(-c2cccc(C(F)(F)F)n2)n1. The molecular formula is C27H34F3N7. The molecule has 2 N–H and O–H groups in total. The van der Waals surface area contributed by atoms with E-state index in [0.29, 0.717) is 17.5 Å². The van der Waals surface area contributed by atoms with E-state index in [1.54, 1.807) is 18.3 Å². The summed E-state index contributed by atoms with van der Waals surface area (Å²) in [5.74, 6) is 1.25. The highest BCUT2D eigenvalue weighted by atomic mass is 19.4. The molecule has 1 fully saturated rings. The van der Waals surface area contributed by atoms with Crippen molar-refractivity contribution in [3.63, 3.8) is 0 Å². The zero-order valence-electron chi connectivity index (χ0n) is 22.3. The molecule has 198 valence electrons. The zero-order valence-corrected chi connectivity index (χ0v) is 22.3. The summed E-state index contributed by atoms with van der Waals surface area (Å²) in [4.78, 5) is 16.8. The first-order valence-electron chi connectivity index (χ1n) is 12.3. The standard InChI is InChI=1S/C23H22F3N7.2C2H6/c1-21(2,3)33-19-12-18(30-17-11-14(7-10-28-17)22(13-27)8-9-22)31-20(32-19)15-5-4-6-16(29-15)23(24,25)26;2*1-2/h4-7,10-12H,8-9H2,1-3H3,(H2,28,30,31,32,33);2*1-2H3. The summed E-state index contributed by atoms with van der Waals surface area (Å²) in [7, 11) is 0. The molecule has 0 aromatic carbocycles. The van der Waals surface area contributed by atoms with Gasteiger partial charge in [0.2, 0.25) is 0 Å². The van der Waals surface area contributed by atoms with Gasteiger partial charge in [0.05, 0.1) is 11.5 Å². The number of aromatic nitrogens is 4. The number of hydrogen-bond donors (Lipinski definition) is 2. The van der Waals surface area contributed by atoms with E-state index >= 15 is 0 Å². The summed E-state index contributed by atoms with van der Waals surface area (Å²) >= 11 is 0. The van der Waals surface area contributed by atoms with Crippen molar-refractivity contribution in [2.24, 2.45) is 0 Å². The second-order valence-electron chi connectivity index (χ2n) is 8.99. The van der Waals surface area contributed by atoms with Crippen LogP contribution in [0.1, 0.15) is 72.6 Å². The van der Waals surface area contributed by atoms with Crippen LogP contribution in [0.4, 0.5) is 30.6 Å². The van der Waals surface area contributed by atoms with E-state index in [0.717, 1.165) is 24.5 Å². The molecule has 0 aliphatic heterocycles. The van der Waals surface area contributed by atoms with Crippen molar-refractivity contribution in [3.8, 4) is 17.6 Å². The minimum absolute atomic E-state index is 0.00596. The number of rotatable bonds is 5. The molecule has 3 heterocycles. The second-order valence-corrected chi connectivity index (χ2v) is 8.99. The molecule has 10 heteroatoms. The number of halogens is 3. The smallest absolute Gasteiger partial charge is 0.365 e. The molecule has 0 atom stereocenters.